The molecule has 5 N–H and O–H groups in total. The summed E-state index contributed by atoms with van der Waals surface area (Å²) in [5.41, 5.74) is 0.875. The molecule has 5 rings (SSSR count). The van der Waals surface area contributed by atoms with Gasteiger partial charge in [0.05, 0.1) is 12.6 Å². The molecule has 2 aliphatic carbocycles. The molecule has 52 heavy (non-hydrogen) atoms. The molecule has 278 valence electrons. The van der Waals surface area contributed by atoms with Crippen molar-refractivity contribution in [2.75, 3.05) is 30.9 Å². The van der Waals surface area contributed by atoms with E-state index in [1.54, 1.807) is 12.1 Å². The van der Waals surface area contributed by atoms with Gasteiger partial charge in [0.2, 0.25) is 11.9 Å². The zero-order valence-electron chi connectivity index (χ0n) is 28.1. The van der Waals surface area contributed by atoms with Gasteiger partial charge in [-0.3, -0.25) is 14.4 Å². The van der Waals surface area contributed by atoms with E-state index < -0.39 is 54.1 Å². The third-order valence-electron chi connectivity index (χ3n) is 8.54. The summed E-state index contributed by atoms with van der Waals surface area (Å²) in [5, 5.41) is 14.4. The van der Waals surface area contributed by atoms with Crippen LogP contribution in [0.5, 0.6) is 6.01 Å². The van der Waals surface area contributed by atoms with Crippen molar-refractivity contribution in [1.29, 1.82) is 0 Å². The number of methoxy groups -OCH3 is 1. The number of carbonyl (C=O) groups excluding carboxylic acids is 4. The molecule has 0 saturated heterocycles. The molecule has 14 nitrogen and oxygen atoms in total. The Kier molecular flexibility index (Phi) is 12.4. The quantitative estimate of drug-likeness (QED) is 0.115. The Bertz CT molecular complexity index is 1740. The number of hydrogen-bond donors (Lipinski definition) is 5. The summed E-state index contributed by atoms with van der Waals surface area (Å²) in [5.74, 6) is -3.11. The first-order chi connectivity index (χ1) is 24.8. The molecule has 2 aromatic carbocycles. The number of anilines is 3. The van der Waals surface area contributed by atoms with Crippen LogP contribution in [0.15, 0.2) is 48.5 Å². The highest BCUT2D eigenvalue weighted by Crippen LogP contribution is 2.48. The van der Waals surface area contributed by atoms with Gasteiger partial charge in [0.15, 0.2) is 6.61 Å². The standard InChI is InChI=1S/C34H38ClF3N8O6/c1-51-29(50)25(15-18-39-27(48)28(49)40-23-5-3-2-4-6-23)42-26(47)20-7-13-24(14-8-20)41-30-43-31(45-32(44-30)52-19-34(36,37)38)46-33(16-17-33)21-9-11-22(35)12-10-21/h7-14,23,25H,2-6,15-19H2,1H3,(H,39,48)(H,40,49)(H,42,47)(H2,41,43,44,45,46)/t25-/m0/s1. The number of halogens is 4. The third-order valence-corrected chi connectivity index (χ3v) is 8.79. The molecule has 1 atom stereocenters. The first kappa shape index (κ1) is 38.1. The second kappa shape index (κ2) is 16.9. The molecule has 2 fully saturated rings. The molecule has 1 heterocycles. The number of benzene rings is 2. The first-order valence-corrected chi connectivity index (χ1v) is 17.0. The van der Waals surface area contributed by atoms with E-state index in [4.69, 9.17) is 21.1 Å². The van der Waals surface area contributed by atoms with Crippen LogP contribution < -0.4 is 31.3 Å². The summed E-state index contributed by atoms with van der Waals surface area (Å²) < 4.78 is 48.4. The normalized spacial score (nSPS) is 15.8. The molecule has 0 unspecified atom stereocenters. The minimum absolute atomic E-state index is 0.0204. The van der Waals surface area contributed by atoms with Crippen LogP contribution in [0, 0.1) is 0 Å². The van der Waals surface area contributed by atoms with E-state index in [2.05, 4.69) is 41.5 Å². The van der Waals surface area contributed by atoms with Gasteiger partial charge in [-0.1, -0.05) is 43.0 Å². The van der Waals surface area contributed by atoms with Crippen LogP contribution in [0.1, 0.15) is 67.3 Å². The highest BCUT2D eigenvalue weighted by molar-refractivity contribution is 6.35. The Morgan fingerprint density at radius 2 is 1.60 bits per heavy atom. The lowest BCUT2D eigenvalue weighted by atomic mass is 9.95. The van der Waals surface area contributed by atoms with Crippen LogP contribution in [0.4, 0.5) is 30.8 Å². The zero-order chi connectivity index (χ0) is 37.3. The van der Waals surface area contributed by atoms with Crippen molar-refractivity contribution >= 4 is 52.9 Å². The molecule has 0 bridgehead atoms. The van der Waals surface area contributed by atoms with E-state index in [0.717, 1.165) is 44.8 Å². The fraction of sp³-hybridized carbons (Fsp3) is 0.441. The van der Waals surface area contributed by atoms with Crippen LogP contribution in [0.3, 0.4) is 0 Å². The van der Waals surface area contributed by atoms with Crippen molar-refractivity contribution < 1.29 is 41.8 Å². The fourth-order valence-corrected chi connectivity index (χ4v) is 5.77. The van der Waals surface area contributed by atoms with Crippen LogP contribution in [0.2, 0.25) is 5.02 Å². The number of amides is 3. The maximum absolute atomic E-state index is 13.0. The van der Waals surface area contributed by atoms with E-state index in [-0.39, 0.29) is 36.5 Å². The minimum Gasteiger partial charge on any atom is -0.467 e. The molecule has 3 aromatic rings. The first-order valence-electron chi connectivity index (χ1n) is 16.7. The van der Waals surface area contributed by atoms with E-state index in [1.807, 2.05) is 12.1 Å². The van der Waals surface area contributed by atoms with Gasteiger partial charge in [-0.05, 0) is 74.1 Å². The number of esters is 1. The molecule has 2 aliphatic rings. The van der Waals surface area contributed by atoms with Crippen LogP contribution in [-0.4, -0.2) is 77.2 Å². The van der Waals surface area contributed by atoms with Crippen molar-refractivity contribution in [2.24, 2.45) is 0 Å². The average molecular weight is 747 g/mol. The SMILES string of the molecule is COC(=O)[C@H](CCNC(=O)C(=O)NC1CCCCC1)NC(=O)c1ccc(Nc2nc(NC3(c4ccc(Cl)cc4)CC3)nc(OCC(F)(F)F)n2)cc1. The van der Waals surface area contributed by atoms with Gasteiger partial charge in [0, 0.05) is 28.9 Å². The Morgan fingerprint density at radius 1 is 0.923 bits per heavy atom. The van der Waals surface area contributed by atoms with Crippen molar-refractivity contribution in [1.82, 2.24) is 30.9 Å². The number of nitrogens with zero attached hydrogens (tertiary/aromatic N) is 3. The number of carbonyl (C=O) groups is 4. The summed E-state index contributed by atoms with van der Waals surface area (Å²) in [6.45, 7) is -1.70. The Morgan fingerprint density at radius 3 is 2.23 bits per heavy atom. The van der Waals surface area contributed by atoms with Gasteiger partial charge in [0.25, 0.3) is 5.91 Å². The number of alkyl halides is 3. The fourth-order valence-electron chi connectivity index (χ4n) is 5.65. The van der Waals surface area contributed by atoms with Gasteiger partial charge < -0.3 is 36.1 Å². The number of aromatic nitrogens is 3. The summed E-state index contributed by atoms with van der Waals surface area (Å²) in [6, 6.07) is 11.3. The van der Waals surface area contributed by atoms with Gasteiger partial charge in [-0.25, -0.2) is 4.79 Å². The lowest BCUT2D eigenvalue weighted by molar-refractivity contribution is -0.154. The number of rotatable bonds is 14. The molecule has 3 amide bonds. The number of nitrogens with one attached hydrogen (secondary N) is 5. The zero-order valence-corrected chi connectivity index (χ0v) is 28.9. The molecule has 2 saturated carbocycles. The maximum Gasteiger partial charge on any atom is 0.422 e. The predicted molar refractivity (Wildman–Crippen MR) is 183 cm³/mol. The monoisotopic (exact) mass is 746 g/mol. The summed E-state index contributed by atoms with van der Waals surface area (Å²) in [7, 11) is 1.15. The smallest absolute Gasteiger partial charge is 0.422 e. The van der Waals surface area contributed by atoms with Crippen molar-refractivity contribution in [3.05, 3.63) is 64.7 Å². The van der Waals surface area contributed by atoms with E-state index in [1.165, 1.54) is 24.3 Å². The topological polar surface area (TPSA) is 186 Å². The lowest BCUT2D eigenvalue weighted by Crippen LogP contribution is -2.47. The highest BCUT2D eigenvalue weighted by atomic mass is 35.5. The predicted octanol–water partition coefficient (Wildman–Crippen LogP) is 4.54. The largest absolute Gasteiger partial charge is 0.467 e. The number of ether oxygens (including phenoxy) is 2. The molecular formula is C34H38ClF3N8O6. The van der Waals surface area contributed by atoms with Gasteiger partial charge in [0.1, 0.15) is 6.04 Å². The summed E-state index contributed by atoms with van der Waals surface area (Å²) in [4.78, 5) is 62.3. The van der Waals surface area contributed by atoms with E-state index in [0.29, 0.717) is 23.6 Å². The van der Waals surface area contributed by atoms with Crippen LogP contribution in [-0.2, 0) is 24.7 Å². The summed E-state index contributed by atoms with van der Waals surface area (Å²) in [6.07, 6.45) is 1.46. The van der Waals surface area contributed by atoms with Gasteiger partial charge in [-0.15, -0.1) is 0 Å². The maximum atomic E-state index is 13.0. The second-order valence-electron chi connectivity index (χ2n) is 12.5. The van der Waals surface area contributed by atoms with Crippen molar-refractivity contribution in [3.8, 4) is 6.01 Å². The average Bonchev–Trinajstić information content (AvgIpc) is 3.90. The van der Waals surface area contributed by atoms with Crippen LogP contribution >= 0.6 is 11.6 Å². The lowest BCUT2D eigenvalue weighted by Gasteiger charge is -2.22. The molecule has 18 heteroatoms. The summed E-state index contributed by atoms with van der Waals surface area (Å²) >= 11 is 6.03. The third kappa shape index (κ3) is 10.9. The van der Waals surface area contributed by atoms with Crippen molar-refractivity contribution in [3.63, 3.8) is 0 Å². The van der Waals surface area contributed by atoms with Gasteiger partial charge in [-0.2, -0.15) is 28.1 Å². The van der Waals surface area contributed by atoms with Crippen LogP contribution in [0.25, 0.3) is 0 Å². The van der Waals surface area contributed by atoms with Crippen molar-refractivity contribution in [2.45, 2.75) is 75.2 Å². The molecule has 0 radical (unpaired) electrons. The minimum atomic E-state index is -4.63. The highest BCUT2D eigenvalue weighted by Gasteiger charge is 2.45. The Labute approximate surface area is 302 Å². The Hall–Kier alpha value is -5.19. The molecular weight excluding hydrogens is 709 g/mol. The van der Waals surface area contributed by atoms with E-state index >= 15 is 0 Å². The Balaban J connectivity index is 1.20. The molecule has 0 spiro atoms. The van der Waals surface area contributed by atoms with E-state index in [9.17, 15) is 32.3 Å². The molecule has 1 aromatic heterocycles. The number of hydrogen-bond acceptors (Lipinski definition) is 11. The molecule has 0 aliphatic heterocycles. The second-order valence-corrected chi connectivity index (χ2v) is 12.9. The van der Waals surface area contributed by atoms with Gasteiger partial charge >= 0.3 is 30.0 Å².